The van der Waals surface area contributed by atoms with Crippen molar-refractivity contribution >= 4 is 38.9 Å². The van der Waals surface area contributed by atoms with Gasteiger partial charge in [-0.1, -0.05) is 54.9 Å². The predicted octanol–water partition coefficient (Wildman–Crippen LogP) is 4.96. The zero-order valence-electron chi connectivity index (χ0n) is 15.1. The molecule has 0 aliphatic heterocycles. The molecular formula is C21H19ClN2O3S. The van der Waals surface area contributed by atoms with E-state index < -0.39 is 10.0 Å². The third kappa shape index (κ3) is 4.52. The summed E-state index contributed by atoms with van der Waals surface area (Å²) in [6.07, 6.45) is 0.770. The summed E-state index contributed by atoms with van der Waals surface area (Å²) in [6.45, 7) is 2.00. The molecule has 0 aliphatic rings. The third-order valence-electron chi connectivity index (χ3n) is 4.17. The number of anilines is 2. The maximum Gasteiger partial charge on any atom is 0.261 e. The van der Waals surface area contributed by atoms with Crippen LogP contribution in [0.25, 0.3) is 0 Å². The van der Waals surface area contributed by atoms with E-state index in [0.717, 1.165) is 12.0 Å². The summed E-state index contributed by atoms with van der Waals surface area (Å²) in [5.74, 6) is -0.379. The molecule has 7 heteroatoms. The van der Waals surface area contributed by atoms with Gasteiger partial charge < -0.3 is 5.32 Å². The number of carbonyl (C=O) groups is 1. The monoisotopic (exact) mass is 414 g/mol. The quantitative estimate of drug-likeness (QED) is 0.598. The molecule has 0 radical (unpaired) electrons. The number of carbonyl (C=O) groups excluding carboxylic acids is 1. The van der Waals surface area contributed by atoms with Gasteiger partial charge in [-0.15, -0.1) is 0 Å². The fourth-order valence-corrected chi connectivity index (χ4v) is 4.06. The number of sulfonamides is 1. The molecule has 0 saturated heterocycles. The number of benzene rings is 3. The number of halogens is 1. The van der Waals surface area contributed by atoms with E-state index in [-0.39, 0.29) is 27.1 Å². The van der Waals surface area contributed by atoms with E-state index in [2.05, 4.69) is 10.0 Å². The van der Waals surface area contributed by atoms with E-state index in [1.807, 2.05) is 31.2 Å². The summed E-state index contributed by atoms with van der Waals surface area (Å²) in [5, 5.41) is 3.13. The van der Waals surface area contributed by atoms with Gasteiger partial charge in [0.25, 0.3) is 15.9 Å². The molecule has 0 spiro atoms. The first-order valence-electron chi connectivity index (χ1n) is 8.67. The van der Waals surface area contributed by atoms with Crippen LogP contribution in [0.4, 0.5) is 11.4 Å². The number of nitrogens with one attached hydrogen (secondary N) is 2. The van der Waals surface area contributed by atoms with Crippen molar-refractivity contribution in [2.75, 3.05) is 10.0 Å². The maximum absolute atomic E-state index is 12.7. The fraction of sp³-hybridized carbons (Fsp3) is 0.0952. The minimum Gasteiger partial charge on any atom is -0.322 e. The van der Waals surface area contributed by atoms with E-state index in [9.17, 15) is 13.2 Å². The fourth-order valence-electron chi connectivity index (χ4n) is 2.70. The van der Waals surface area contributed by atoms with Gasteiger partial charge in [0.1, 0.15) is 0 Å². The van der Waals surface area contributed by atoms with Crippen LogP contribution in [0.2, 0.25) is 5.02 Å². The maximum atomic E-state index is 12.7. The number of amides is 1. The summed E-state index contributed by atoms with van der Waals surface area (Å²) in [5.41, 5.74) is 2.22. The Bertz CT molecular complexity index is 1110. The van der Waals surface area contributed by atoms with Crippen molar-refractivity contribution in [1.29, 1.82) is 0 Å². The minimum absolute atomic E-state index is 0.0242. The molecule has 0 heterocycles. The first kappa shape index (κ1) is 19.9. The first-order valence-corrected chi connectivity index (χ1v) is 10.5. The Morgan fingerprint density at radius 3 is 2.32 bits per heavy atom. The second kappa shape index (κ2) is 8.46. The molecule has 5 nitrogen and oxygen atoms in total. The molecule has 1 amide bonds. The Kier molecular flexibility index (Phi) is 6.02. The molecule has 2 N–H and O–H groups in total. The van der Waals surface area contributed by atoms with Crippen molar-refractivity contribution in [1.82, 2.24) is 0 Å². The number of hydrogen-bond acceptors (Lipinski definition) is 3. The van der Waals surface area contributed by atoms with Gasteiger partial charge in [0, 0.05) is 11.3 Å². The number of hydrogen-bond donors (Lipinski definition) is 2. The van der Waals surface area contributed by atoms with Crippen LogP contribution >= 0.6 is 11.6 Å². The SMILES string of the molecule is CCc1ccccc1NC(=O)c1cccc(S(=O)(=O)Nc2ccccc2Cl)c1. The van der Waals surface area contributed by atoms with E-state index >= 15 is 0 Å². The van der Waals surface area contributed by atoms with E-state index in [1.54, 1.807) is 30.3 Å². The smallest absolute Gasteiger partial charge is 0.261 e. The van der Waals surface area contributed by atoms with E-state index in [0.29, 0.717) is 5.69 Å². The van der Waals surface area contributed by atoms with Gasteiger partial charge in [0.05, 0.1) is 15.6 Å². The Morgan fingerprint density at radius 1 is 0.929 bits per heavy atom. The number of rotatable bonds is 6. The average molecular weight is 415 g/mol. The Hall–Kier alpha value is -2.83. The average Bonchev–Trinajstić information content (AvgIpc) is 2.70. The van der Waals surface area contributed by atoms with Crippen molar-refractivity contribution in [2.24, 2.45) is 0 Å². The Balaban J connectivity index is 1.85. The highest BCUT2D eigenvalue weighted by molar-refractivity contribution is 7.92. The normalized spacial score (nSPS) is 11.1. The molecule has 0 unspecified atom stereocenters. The summed E-state index contributed by atoms with van der Waals surface area (Å²) < 4.78 is 27.8. The lowest BCUT2D eigenvalue weighted by Gasteiger charge is -2.12. The molecule has 28 heavy (non-hydrogen) atoms. The second-order valence-electron chi connectivity index (χ2n) is 6.08. The van der Waals surface area contributed by atoms with Gasteiger partial charge in [-0.3, -0.25) is 9.52 Å². The van der Waals surface area contributed by atoms with Crippen molar-refractivity contribution in [2.45, 2.75) is 18.2 Å². The molecule has 3 aromatic carbocycles. The topological polar surface area (TPSA) is 75.3 Å². The summed E-state index contributed by atoms with van der Waals surface area (Å²) >= 11 is 6.03. The van der Waals surface area contributed by atoms with Gasteiger partial charge in [-0.2, -0.15) is 0 Å². The largest absolute Gasteiger partial charge is 0.322 e. The van der Waals surface area contributed by atoms with Crippen LogP contribution in [0.15, 0.2) is 77.7 Å². The molecule has 3 rings (SSSR count). The number of aryl methyl sites for hydroxylation is 1. The van der Waals surface area contributed by atoms with Crippen LogP contribution in [0.1, 0.15) is 22.8 Å². The highest BCUT2D eigenvalue weighted by Gasteiger charge is 2.18. The van der Waals surface area contributed by atoms with Crippen LogP contribution in [0.5, 0.6) is 0 Å². The van der Waals surface area contributed by atoms with Gasteiger partial charge in [-0.05, 0) is 48.4 Å². The molecule has 0 bridgehead atoms. The van der Waals surface area contributed by atoms with Gasteiger partial charge in [0.15, 0.2) is 0 Å². The standard InChI is InChI=1S/C21H19ClN2O3S/c1-2-15-8-3-5-12-19(15)23-21(25)16-9-7-10-17(14-16)28(26,27)24-20-13-6-4-11-18(20)22/h3-14,24H,2H2,1H3,(H,23,25). The molecular weight excluding hydrogens is 396 g/mol. The third-order valence-corrected chi connectivity index (χ3v) is 5.86. The zero-order valence-corrected chi connectivity index (χ0v) is 16.7. The van der Waals surface area contributed by atoms with Crippen LogP contribution in [-0.4, -0.2) is 14.3 Å². The Morgan fingerprint density at radius 2 is 1.61 bits per heavy atom. The summed E-state index contributed by atoms with van der Waals surface area (Å²) in [4.78, 5) is 12.6. The second-order valence-corrected chi connectivity index (χ2v) is 8.17. The van der Waals surface area contributed by atoms with Crippen molar-refractivity contribution < 1.29 is 13.2 Å². The Labute approximate surface area is 169 Å². The zero-order chi connectivity index (χ0) is 20.1. The molecule has 0 saturated carbocycles. The molecule has 0 aliphatic carbocycles. The van der Waals surface area contributed by atoms with E-state index in [4.69, 9.17) is 11.6 Å². The van der Waals surface area contributed by atoms with Gasteiger partial charge in [-0.25, -0.2) is 8.42 Å². The lowest BCUT2D eigenvalue weighted by Crippen LogP contribution is -2.16. The predicted molar refractivity (Wildman–Crippen MR) is 112 cm³/mol. The first-order chi connectivity index (χ1) is 13.4. The lowest BCUT2D eigenvalue weighted by atomic mass is 10.1. The highest BCUT2D eigenvalue weighted by Crippen LogP contribution is 2.24. The minimum atomic E-state index is -3.89. The molecule has 0 aromatic heterocycles. The van der Waals surface area contributed by atoms with E-state index in [1.165, 1.54) is 18.2 Å². The summed E-state index contributed by atoms with van der Waals surface area (Å²) in [7, 11) is -3.89. The van der Waals surface area contributed by atoms with Gasteiger partial charge >= 0.3 is 0 Å². The van der Waals surface area contributed by atoms with Crippen LogP contribution in [0.3, 0.4) is 0 Å². The molecule has 3 aromatic rings. The summed E-state index contributed by atoms with van der Waals surface area (Å²) in [6, 6.07) is 19.9. The molecule has 0 fully saturated rings. The van der Waals surface area contributed by atoms with Crippen molar-refractivity contribution in [3.05, 3.63) is 88.9 Å². The van der Waals surface area contributed by atoms with Gasteiger partial charge in [0.2, 0.25) is 0 Å². The number of para-hydroxylation sites is 2. The van der Waals surface area contributed by atoms with Crippen molar-refractivity contribution in [3.8, 4) is 0 Å². The van der Waals surface area contributed by atoms with Crippen LogP contribution in [-0.2, 0) is 16.4 Å². The van der Waals surface area contributed by atoms with Crippen molar-refractivity contribution in [3.63, 3.8) is 0 Å². The molecule has 0 atom stereocenters. The molecule has 144 valence electrons. The van der Waals surface area contributed by atoms with Crippen LogP contribution in [0, 0.1) is 0 Å². The van der Waals surface area contributed by atoms with Crippen LogP contribution < -0.4 is 10.0 Å². The lowest BCUT2D eigenvalue weighted by molar-refractivity contribution is 0.102. The highest BCUT2D eigenvalue weighted by atomic mass is 35.5.